The minimum absolute atomic E-state index is 0.257. The van der Waals surface area contributed by atoms with Gasteiger partial charge < -0.3 is 9.84 Å². The first-order valence-corrected chi connectivity index (χ1v) is 9.60. The first-order valence-electron chi connectivity index (χ1n) is 8.40. The number of nitrogens with zero attached hydrogens (tertiary/aromatic N) is 2. The number of aromatic nitrogens is 1. The summed E-state index contributed by atoms with van der Waals surface area (Å²) in [7, 11) is 0. The van der Waals surface area contributed by atoms with E-state index in [9.17, 15) is 4.79 Å². The molecule has 25 heavy (non-hydrogen) atoms. The Balaban J connectivity index is 1.64. The molecule has 0 bridgehead atoms. The van der Waals surface area contributed by atoms with Gasteiger partial charge in [-0.05, 0) is 51.1 Å². The van der Waals surface area contributed by atoms with Crippen LogP contribution in [0.2, 0.25) is 5.02 Å². The van der Waals surface area contributed by atoms with E-state index in [-0.39, 0.29) is 4.88 Å². The average Bonchev–Trinajstić information content (AvgIpc) is 2.99. The first kappa shape index (κ1) is 18.2. The number of carboxylic acid groups (broad SMARTS) is 1. The van der Waals surface area contributed by atoms with Crippen molar-refractivity contribution in [2.75, 3.05) is 26.2 Å². The molecular formula is C18H21ClN2O3S. The van der Waals surface area contributed by atoms with Crippen LogP contribution >= 0.6 is 22.9 Å². The highest BCUT2D eigenvalue weighted by Gasteiger charge is 2.16. The van der Waals surface area contributed by atoms with Crippen LogP contribution in [0, 0.1) is 6.92 Å². The van der Waals surface area contributed by atoms with Gasteiger partial charge in [-0.25, -0.2) is 9.78 Å². The van der Waals surface area contributed by atoms with Crippen LogP contribution in [0.25, 0.3) is 10.6 Å². The van der Waals surface area contributed by atoms with Crippen LogP contribution in [-0.2, 0) is 0 Å². The van der Waals surface area contributed by atoms with Crippen LogP contribution in [0.4, 0.5) is 0 Å². The number of carbonyl (C=O) groups is 1. The maximum Gasteiger partial charge on any atom is 0.347 e. The van der Waals surface area contributed by atoms with E-state index in [1.165, 1.54) is 19.3 Å². The second kappa shape index (κ2) is 8.17. The van der Waals surface area contributed by atoms with Gasteiger partial charge in [-0.3, -0.25) is 4.90 Å². The second-order valence-electron chi connectivity index (χ2n) is 6.13. The highest BCUT2D eigenvalue weighted by molar-refractivity contribution is 7.17. The summed E-state index contributed by atoms with van der Waals surface area (Å²) in [5.41, 5.74) is 1.32. The van der Waals surface area contributed by atoms with E-state index < -0.39 is 5.97 Å². The summed E-state index contributed by atoms with van der Waals surface area (Å²) in [5, 5.41) is 10.3. The van der Waals surface area contributed by atoms with Crippen LogP contribution < -0.4 is 4.74 Å². The molecule has 2 aromatic rings. The predicted octanol–water partition coefficient (Wildman–Crippen LogP) is 4.33. The highest BCUT2D eigenvalue weighted by Crippen LogP contribution is 2.33. The number of piperidine rings is 1. The molecule has 0 amide bonds. The predicted molar refractivity (Wildman–Crippen MR) is 100 cm³/mol. The Morgan fingerprint density at radius 1 is 1.36 bits per heavy atom. The Bertz CT molecular complexity index is 757. The SMILES string of the molecule is Cc1nc(-c2ccc(OCCN3CCCCC3)c(Cl)c2)sc1C(=O)O. The van der Waals surface area contributed by atoms with E-state index in [0.717, 1.165) is 36.5 Å². The molecule has 1 aromatic heterocycles. The van der Waals surface area contributed by atoms with Crippen molar-refractivity contribution < 1.29 is 14.6 Å². The lowest BCUT2D eigenvalue weighted by atomic mass is 10.1. The lowest BCUT2D eigenvalue weighted by molar-refractivity contribution is 0.0701. The number of hydrogen-bond acceptors (Lipinski definition) is 5. The van der Waals surface area contributed by atoms with E-state index in [0.29, 0.717) is 28.1 Å². The van der Waals surface area contributed by atoms with Gasteiger partial charge in [0.05, 0.1) is 10.7 Å². The summed E-state index contributed by atoms with van der Waals surface area (Å²) >= 11 is 7.49. The van der Waals surface area contributed by atoms with Gasteiger partial charge >= 0.3 is 5.97 Å². The standard InChI is InChI=1S/C18H21ClN2O3S/c1-12-16(18(22)23)25-17(20-12)13-5-6-15(14(19)11-13)24-10-9-21-7-3-2-4-8-21/h5-6,11H,2-4,7-10H2,1H3,(H,22,23). The zero-order valence-electron chi connectivity index (χ0n) is 14.1. The van der Waals surface area contributed by atoms with Gasteiger partial charge in [-0.2, -0.15) is 0 Å². The topological polar surface area (TPSA) is 62.7 Å². The Morgan fingerprint density at radius 2 is 2.12 bits per heavy atom. The minimum atomic E-state index is -0.954. The van der Waals surface area contributed by atoms with Gasteiger partial charge in [0.15, 0.2) is 0 Å². The van der Waals surface area contributed by atoms with Crippen molar-refractivity contribution in [1.29, 1.82) is 0 Å². The summed E-state index contributed by atoms with van der Waals surface area (Å²) in [4.78, 5) is 18.2. The highest BCUT2D eigenvalue weighted by atomic mass is 35.5. The van der Waals surface area contributed by atoms with E-state index in [4.69, 9.17) is 21.4 Å². The zero-order valence-corrected chi connectivity index (χ0v) is 15.7. The molecule has 0 spiro atoms. The minimum Gasteiger partial charge on any atom is -0.491 e. The van der Waals surface area contributed by atoms with Crippen molar-refractivity contribution in [2.24, 2.45) is 0 Å². The third-order valence-corrected chi connectivity index (χ3v) is 5.77. The van der Waals surface area contributed by atoms with Gasteiger partial charge in [0.25, 0.3) is 0 Å². The molecule has 1 fully saturated rings. The quantitative estimate of drug-likeness (QED) is 0.807. The fraction of sp³-hybridized carbons (Fsp3) is 0.444. The van der Waals surface area contributed by atoms with Crippen molar-refractivity contribution >= 4 is 28.9 Å². The van der Waals surface area contributed by atoms with Gasteiger partial charge in [0.1, 0.15) is 22.2 Å². The molecular weight excluding hydrogens is 360 g/mol. The Hall–Kier alpha value is -1.63. The second-order valence-corrected chi connectivity index (χ2v) is 7.54. The van der Waals surface area contributed by atoms with Crippen LogP contribution in [0.5, 0.6) is 5.75 Å². The molecule has 0 atom stereocenters. The summed E-state index contributed by atoms with van der Waals surface area (Å²) in [5.74, 6) is -0.306. The fourth-order valence-corrected chi connectivity index (χ4v) is 4.07. The fourth-order valence-electron chi connectivity index (χ4n) is 2.94. The maximum absolute atomic E-state index is 11.2. The Kier molecular flexibility index (Phi) is 5.93. The lowest BCUT2D eigenvalue weighted by Crippen LogP contribution is -2.33. The molecule has 7 heteroatoms. The van der Waals surface area contributed by atoms with E-state index in [2.05, 4.69) is 9.88 Å². The molecule has 0 unspecified atom stereocenters. The third-order valence-electron chi connectivity index (χ3n) is 4.28. The molecule has 3 rings (SSSR count). The third kappa shape index (κ3) is 4.51. The van der Waals surface area contributed by atoms with Crippen molar-refractivity contribution in [3.63, 3.8) is 0 Å². The van der Waals surface area contributed by atoms with Crippen molar-refractivity contribution in [2.45, 2.75) is 26.2 Å². The van der Waals surface area contributed by atoms with Crippen molar-refractivity contribution in [3.8, 4) is 16.3 Å². The number of rotatable bonds is 6. The number of thiazole rings is 1. The van der Waals surface area contributed by atoms with Crippen LogP contribution in [0.3, 0.4) is 0 Å². The number of carboxylic acids is 1. The van der Waals surface area contributed by atoms with Gasteiger partial charge in [0.2, 0.25) is 0 Å². The zero-order chi connectivity index (χ0) is 17.8. The molecule has 134 valence electrons. The number of aryl methyl sites for hydroxylation is 1. The normalized spacial score (nSPS) is 15.3. The smallest absolute Gasteiger partial charge is 0.347 e. The summed E-state index contributed by atoms with van der Waals surface area (Å²) in [6.45, 7) is 5.50. The molecule has 1 aliphatic rings. The van der Waals surface area contributed by atoms with E-state index in [1.54, 1.807) is 13.0 Å². The molecule has 5 nitrogen and oxygen atoms in total. The molecule has 2 heterocycles. The lowest BCUT2D eigenvalue weighted by Gasteiger charge is -2.26. The molecule has 1 aliphatic heterocycles. The Labute approximate surface area is 156 Å². The Morgan fingerprint density at radius 3 is 2.76 bits per heavy atom. The van der Waals surface area contributed by atoms with E-state index in [1.807, 2.05) is 12.1 Å². The largest absolute Gasteiger partial charge is 0.491 e. The van der Waals surface area contributed by atoms with Crippen molar-refractivity contribution in [1.82, 2.24) is 9.88 Å². The maximum atomic E-state index is 11.2. The van der Waals surface area contributed by atoms with Gasteiger partial charge in [-0.15, -0.1) is 11.3 Å². The average molecular weight is 381 g/mol. The number of likely N-dealkylation sites (tertiary alicyclic amines) is 1. The van der Waals surface area contributed by atoms with Crippen LogP contribution in [-0.4, -0.2) is 47.2 Å². The van der Waals surface area contributed by atoms with E-state index >= 15 is 0 Å². The molecule has 1 aromatic carbocycles. The number of hydrogen-bond donors (Lipinski definition) is 1. The molecule has 1 N–H and O–H groups in total. The molecule has 1 saturated heterocycles. The molecule has 0 saturated carbocycles. The number of aromatic carboxylic acids is 1. The monoisotopic (exact) mass is 380 g/mol. The summed E-state index contributed by atoms with van der Waals surface area (Å²) < 4.78 is 5.81. The van der Waals surface area contributed by atoms with Crippen LogP contribution in [0.15, 0.2) is 18.2 Å². The number of benzene rings is 1. The molecule has 0 aliphatic carbocycles. The molecule has 0 radical (unpaired) electrons. The van der Waals surface area contributed by atoms with Crippen LogP contribution in [0.1, 0.15) is 34.6 Å². The first-order chi connectivity index (χ1) is 12.0. The summed E-state index contributed by atoms with van der Waals surface area (Å²) in [6, 6.07) is 5.47. The van der Waals surface area contributed by atoms with Gasteiger partial charge in [0, 0.05) is 12.1 Å². The summed E-state index contributed by atoms with van der Waals surface area (Å²) in [6.07, 6.45) is 3.85. The number of halogens is 1. The van der Waals surface area contributed by atoms with Gasteiger partial charge in [-0.1, -0.05) is 18.0 Å². The van der Waals surface area contributed by atoms with Crippen molar-refractivity contribution in [3.05, 3.63) is 33.8 Å². The number of ether oxygens (including phenoxy) is 1.